The number of ether oxygens (including phenoxy) is 2. The summed E-state index contributed by atoms with van der Waals surface area (Å²) in [6, 6.07) is -0.181. The average Bonchev–Trinajstić information content (AvgIpc) is 2.88. The Hall–Kier alpha value is -0.770. The second kappa shape index (κ2) is 10.1. The highest BCUT2D eigenvalue weighted by molar-refractivity contribution is 4.86. The van der Waals surface area contributed by atoms with E-state index in [9.17, 15) is 0 Å². The van der Waals surface area contributed by atoms with Crippen LogP contribution in [-0.4, -0.2) is 31.5 Å². The van der Waals surface area contributed by atoms with Gasteiger partial charge in [-0.15, -0.1) is 0 Å². The largest absolute Gasteiger partial charge is 0.378 e. The van der Waals surface area contributed by atoms with Gasteiger partial charge in [0.25, 0.3) is 0 Å². The van der Waals surface area contributed by atoms with Gasteiger partial charge in [-0.1, -0.05) is 71.3 Å². The molecule has 0 aromatic rings. The molecule has 0 aromatic heterocycles. The van der Waals surface area contributed by atoms with Crippen LogP contribution >= 0.6 is 0 Å². The third kappa shape index (κ3) is 6.99. The number of hydrogen-bond donors (Lipinski definition) is 0. The Kier molecular flexibility index (Phi) is 8.84. The van der Waals surface area contributed by atoms with Gasteiger partial charge in [0.05, 0.1) is 31.5 Å². The molecular weight excluding hydrogens is 278 g/mol. The summed E-state index contributed by atoms with van der Waals surface area (Å²) in [5.74, 6) is 0. The van der Waals surface area contributed by atoms with E-state index in [0.717, 1.165) is 6.42 Å². The van der Waals surface area contributed by atoms with Crippen molar-refractivity contribution in [1.29, 1.82) is 0 Å². The maximum atomic E-state index is 8.63. The van der Waals surface area contributed by atoms with Crippen molar-refractivity contribution in [3.63, 3.8) is 0 Å². The van der Waals surface area contributed by atoms with Crippen LogP contribution in [0.3, 0.4) is 0 Å². The van der Waals surface area contributed by atoms with Crippen LogP contribution in [0.5, 0.6) is 0 Å². The van der Waals surface area contributed by atoms with Crippen molar-refractivity contribution < 1.29 is 9.47 Å². The topological polar surface area (TPSA) is 67.2 Å². The highest BCUT2D eigenvalue weighted by atomic mass is 16.6. The minimum Gasteiger partial charge on any atom is -0.378 e. The van der Waals surface area contributed by atoms with Gasteiger partial charge in [-0.05, 0) is 17.4 Å². The first-order valence-electron chi connectivity index (χ1n) is 8.76. The Balaban J connectivity index is 2.42. The van der Waals surface area contributed by atoms with Gasteiger partial charge in [0.2, 0.25) is 0 Å². The van der Waals surface area contributed by atoms with E-state index in [4.69, 9.17) is 15.0 Å². The van der Waals surface area contributed by atoms with Crippen LogP contribution < -0.4 is 0 Å². The summed E-state index contributed by atoms with van der Waals surface area (Å²) in [5.41, 5.74) is 8.72. The summed E-state index contributed by atoms with van der Waals surface area (Å²) in [7, 11) is 0. The SMILES string of the molecule is CCCCCCCCC(O[C@@H]1COC[C@H]1N=[N+]=[N-])C(C)(C)C. The predicted molar refractivity (Wildman–Crippen MR) is 89.9 cm³/mol. The second-order valence-corrected chi connectivity index (χ2v) is 7.40. The highest BCUT2D eigenvalue weighted by Crippen LogP contribution is 2.30. The first kappa shape index (κ1) is 19.3. The molecule has 0 radical (unpaired) electrons. The Morgan fingerprint density at radius 3 is 2.50 bits per heavy atom. The molecule has 1 aliphatic rings. The van der Waals surface area contributed by atoms with Gasteiger partial charge in [0.1, 0.15) is 0 Å². The zero-order chi connectivity index (χ0) is 16.4. The lowest BCUT2D eigenvalue weighted by Gasteiger charge is -2.33. The number of nitrogens with zero attached hydrogens (tertiary/aromatic N) is 3. The minimum absolute atomic E-state index is 0.0902. The standard InChI is InChI=1S/C17H33N3O2/c1-5-6-7-8-9-10-11-16(17(2,3)4)22-15-13-21-12-14(15)19-20-18/h14-16H,5-13H2,1-4H3/t14-,15-,16?/m1/s1. The Morgan fingerprint density at radius 1 is 1.18 bits per heavy atom. The number of rotatable bonds is 10. The summed E-state index contributed by atoms with van der Waals surface area (Å²) in [4.78, 5) is 2.91. The molecule has 1 rings (SSSR count). The maximum Gasteiger partial charge on any atom is 0.0919 e. The lowest BCUT2D eigenvalue weighted by Crippen LogP contribution is -2.37. The van der Waals surface area contributed by atoms with Crippen LogP contribution in [0.15, 0.2) is 5.11 Å². The van der Waals surface area contributed by atoms with E-state index in [1.54, 1.807) is 0 Å². The fraction of sp³-hybridized carbons (Fsp3) is 1.00. The first-order valence-corrected chi connectivity index (χ1v) is 8.76. The highest BCUT2D eigenvalue weighted by Gasteiger charge is 2.34. The lowest BCUT2D eigenvalue weighted by atomic mass is 9.85. The Morgan fingerprint density at radius 2 is 1.86 bits per heavy atom. The molecule has 0 N–H and O–H groups in total. The van der Waals surface area contributed by atoms with Crippen LogP contribution in [0.4, 0.5) is 0 Å². The minimum atomic E-state index is -0.181. The van der Waals surface area contributed by atoms with Gasteiger partial charge in [0, 0.05) is 4.91 Å². The van der Waals surface area contributed by atoms with Crippen molar-refractivity contribution in [2.24, 2.45) is 10.5 Å². The molecular formula is C17H33N3O2. The molecule has 5 heteroatoms. The molecule has 0 aliphatic carbocycles. The third-order valence-corrected chi connectivity index (χ3v) is 4.32. The molecule has 5 nitrogen and oxygen atoms in total. The fourth-order valence-corrected chi connectivity index (χ4v) is 2.85. The van der Waals surface area contributed by atoms with Crippen LogP contribution in [-0.2, 0) is 9.47 Å². The summed E-state index contributed by atoms with van der Waals surface area (Å²) in [6.07, 6.45) is 8.91. The molecule has 22 heavy (non-hydrogen) atoms. The summed E-state index contributed by atoms with van der Waals surface area (Å²) < 4.78 is 11.7. The van der Waals surface area contributed by atoms with Gasteiger partial charge in [-0.3, -0.25) is 0 Å². The second-order valence-electron chi connectivity index (χ2n) is 7.40. The van der Waals surface area contributed by atoms with E-state index < -0.39 is 0 Å². The Labute approximate surface area is 135 Å². The third-order valence-electron chi connectivity index (χ3n) is 4.32. The van der Waals surface area contributed by atoms with Crippen molar-refractivity contribution in [3.05, 3.63) is 10.4 Å². The van der Waals surface area contributed by atoms with Crippen LogP contribution in [0.1, 0.15) is 72.6 Å². The smallest absolute Gasteiger partial charge is 0.0919 e. The van der Waals surface area contributed by atoms with Gasteiger partial charge >= 0.3 is 0 Å². The van der Waals surface area contributed by atoms with Gasteiger partial charge in [-0.2, -0.15) is 0 Å². The molecule has 0 spiro atoms. The average molecular weight is 311 g/mol. The zero-order valence-electron chi connectivity index (χ0n) is 14.8. The normalized spacial score (nSPS) is 23.3. The number of unbranched alkanes of at least 4 members (excludes halogenated alkanes) is 5. The first-order chi connectivity index (χ1) is 10.5. The molecule has 128 valence electrons. The van der Waals surface area contributed by atoms with Crippen LogP contribution in [0, 0.1) is 5.41 Å². The fourth-order valence-electron chi connectivity index (χ4n) is 2.85. The van der Waals surface area contributed by atoms with Crippen molar-refractivity contribution in [2.75, 3.05) is 13.2 Å². The zero-order valence-corrected chi connectivity index (χ0v) is 14.8. The number of hydrogen-bond acceptors (Lipinski definition) is 3. The van der Waals surface area contributed by atoms with Crippen molar-refractivity contribution >= 4 is 0 Å². The maximum absolute atomic E-state index is 8.63. The van der Waals surface area contributed by atoms with Gasteiger partial charge in [0.15, 0.2) is 0 Å². The van der Waals surface area contributed by atoms with E-state index in [-0.39, 0.29) is 23.7 Å². The van der Waals surface area contributed by atoms with Crippen molar-refractivity contribution in [1.82, 2.24) is 0 Å². The van der Waals surface area contributed by atoms with Gasteiger partial charge in [-0.25, -0.2) is 0 Å². The molecule has 1 unspecified atom stereocenters. The van der Waals surface area contributed by atoms with E-state index in [0.29, 0.717) is 13.2 Å². The molecule has 0 aromatic carbocycles. The van der Waals surface area contributed by atoms with Crippen LogP contribution in [0.25, 0.3) is 10.4 Å². The quantitative estimate of drug-likeness (QED) is 0.239. The van der Waals surface area contributed by atoms with E-state index in [1.165, 1.54) is 38.5 Å². The molecule has 1 fully saturated rings. The summed E-state index contributed by atoms with van der Waals surface area (Å²) in [5, 5.41) is 3.80. The van der Waals surface area contributed by atoms with E-state index in [2.05, 4.69) is 37.7 Å². The molecule has 1 heterocycles. The van der Waals surface area contributed by atoms with E-state index in [1.807, 2.05) is 0 Å². The summed E-state index contributed by atoms with van der Waals surface area (Å²) in [6.45, 7) is 9.90. The van der Waals surface area contributed by atoms with E-state index >= 15 is 0 Å². The molecule has 0 saturated carbocycles. The van der Waals surface area contributed by atoms with Crippen LogP contribution in [0.2, 0.25) is 0 Å². The molecule has 1 aliphatic heterocycles. The monoisotopic (exact) mass is 311 g/mol. The number of azide groups is 1. The van der Waals surface area contributed by atoms with Gasteiger partial charge < -0.3 is 9.47 Å². The Bertz CT molecular complexity index is 348. The molecule has 0 bridgehead atoms. The molecule has 1 saturated heterocycles. The molecule has 3 atom stereocenters. The molecule has 0 amide bonds. The predicted octanol–water partition coefficient (Wildman–Crippen LogP) is 5.25. The van der Waals surface area contributed by atoms with Crippen molar-refractivity contribution in [3.8, 4) is 0 Å². The lowest BCUT2D eigenvalue weighted by molar-refractivity contribution is -0.0753. The van der Waals surface area contributed by atoms with Crippen molar-refractivity contribution in [2.45, 2.75) is 90.9 Å². The summed E-state index contributed by atoms with van der Waals surface area (Å²) >= 11 is 0.